The van der Waals surface area contributed by atoms with Gasteiger partial charge in [0.25, 0.3) is 0 Å². The predicted octanol–water partition coefficient (Wildman–Crippen LogP) is 3.98. The van der Waals surface area contributed by atoms with Gasteiger partial charge in [-0.15, -0.1) is 0 Å². The van der Waals surface area contributed by atoms with Crippen LogP contribution < -0.4 is 0 Å². The van der Waals surface area contributed by atoms with Crippen LogP contribution in [0.5, 0.6) is 0 Å². The monoisotopic (exact) mass is 234 g/mol. The third-order valence-electron chi connectivity index (χ3n) is 2.48. The van der Waals surface area contributed by atoms with Gasteiger partial charge in [-0.1, -0.05) is 72.8 Å². The van der Waals surface area contributed by atoms with Crippen molar-refractivity contribution < 1.29 is 4.79 Å². The fraction of sp³-hybridized carbons (Fsp3) is 0. The molecule has 2 aromatic carbocycles. The summed E-state index contributed by atoms with van der Waals surface area (Å²) in [5.74, 6) is -0.0114. The lowest BCUT2D eigenvalue weighted by atomic mass is 10.1. The maximum Gasteiger partial charge on any atom is 0.178 e. The van der Waals surface area contributed by atoms with Crippen LogP contribution in [-0.4, -0.2) is 5.78 Å². The highest BCUT2D eigenvalue weighted by Crippen LogP contribution is 2.03. The van der Waals surface area contributed by atoms with Gasteiger partial charge in [-0.3, -0.25) is 4.79 Å². The van der Waals surface area contributed by atoms with E-state index in [4.69, 9.17) is 0 Å². The highest BCUT2D eigenvalue weighted by molar-refractivity contribution is 6.04. The Kier molecular flexibility index (Phi) is 4.26. The molecular weight excluding hydrogens is 220 g/mol. The third kappa shape index (κ3) is 3.87. The molecule has 1 heteroatoms. The Morgan fingerprint density at radius 1 is 0.667 bits per heavy atom. The zero-order valence-corrected chi connectivity index (χ0v) is 9.99. The van der Waals surface area contributed by atoms with Crippen molar-refractivity contribution in [2.24, 2.45) is 0 Å². The maximum absolute atomic E-state index is 11.6. The molecule has 88 valence electrons. The van der Waals surface area contributed by atoms with E-state index in [1.807, 2.05) is 72.8 Å². The van der Waals surface area contributed by atoms with Crippen LogP contribution >= 0.6 is 0 Å². The average molecular weight is 234 g/mol. The molecule has 0 aromatic heterocycles. The molecule has 0 radical (unpaired) electrons. The molecule has 2 aromatic rings. The maximum atomic E-state index is 11.6. The molecule has 0 aliphatic carbocycles. The second-order valence-corrected chi connectivity index (χ2v) is 3.89. The summed E-state index contributed by atoms with van der Waals surface area (Å²) in [5, 5.41) is 0. The summed E-state index contributed by atoms with van der Waals surface area (Å²) in [6.07, 6.45) is 6.79. The van der Waals surface area contributed by atoms with Crippen LogP contribution in [0.25, 0.3) is 12.2 Å². The second kappa shape index (κ2) is 6.36. The van der Waals surface area contributed by atoms with Crippen LogP contribution in [0.1, 0.15) is 11.1 Å². The number of carbonyl (C=O) groups excluding carboxylic acids is 1. The lowest BCUT2D eigenvalue weighted by Crippen LogP contribution is -1.84. The van der Waals surface area contributed by atoms with Gasteiger partial charge in [0.1, 0.15) is 0 Å². The first kappa shape index (κ1) is 12.1. The predicted molar refractivity (Wildman–Crippen MR) is 76.0 cm³/mol. The van der Waals surface area contributed by atoms with E-state index in [-0.39, 0.29) is 5.78 Å². The molecule has 0 unspecified atom stereocenters. The van der Waals surface area contributed by atoms with Crippen LogP contribution in [0.15, 0.2) is 72.8 Å². The number of hydrogen-bond donors (Lipinski definition) is 0. The molecule has 18 heavy (non-hydrogen) atoms. The molecule has 0 aliphatic heterocycles. The summed E-state index contributed by atoms with van der Waals surface area (Å²) in [7, 11) is 0. The van der Waals surface area contributed by atoms with Crippen LogP contribution in [0, 0.1) is 0 Å². The number of benzene rings is 2. The topological polar surface area (TPSA) is 17.1 Å². The van der Waals surface area contributed by atoms with Crippen molar-refractivity contribution in [2.45, 2.75) is 0 Å². The van der Waals surface area contributed by atoms with E-state index >= 15 is 0 Å². The lowest BCUT2D eigenvalue weighted by molar-refractivity contribution is -0.110. The first-order valence-electron chi connectivity index (χ1n) is 5.85. The quantitative estimate of drug-likeness (QED) is 0.731. The minimum Gasteiger partial charge on any atom is -0.290 e. The van der Waals surface area contributed by atoms with Crippen LogP contribution in [0.4, 0.5) is 0 Å². The van der Waals surface area contributed by atoms with Crippen LogP contribution in [-0.2, 0) is 4.79 Å². The Hall–Kier alpha value is -2.41. The van der Waals surface area contributed by atoms with Crippen molar-refractivity contribution in [3.05, 3.63) is 83.9 Å². The molecule has 0 spiro atoms. The normalized spacial score (nSPS) is 11.1. The Labute approximate surface area is 107 Å². The average Bonchev–Trinajstić information content (AvgIpc) is 2.45. The van der Waals surface area contributed by atoms with E-state index in [0.717, 1.165) is 11.1 Å². The molecule has 0 N–H and O–H groups in total. The fourth-order valence-electron chi connectivity index (χ4n) is 1.54. The summed E-state index contributed by atoms with van der Waals surface area (Å²) >= 11 is 0. The summed E-state index contributed by atoms with van der Waals surface area (Å²) in [4.78, 5) is 11.6. The first-order chi connectivity index (χ1) is 8.84. The standard InChI is InChI=1S/C17H14O/c18-17(13-11-15-7-3-1-4-8-15)14-12-16-9-5-2-6-10-16/h1-14H/b13-11-,14-12?. The molecule has 0 aliphatic rings. The molecule has 0 amide bonds. The van der Waals surface area contributed by atoms with Gasteiger partial charge in [0, 0.05) is 0 Å². The number of carbonyl (C=O) groups is 1. The second-order valence-electron chi connectivity index (χ2n) is 3.89. The number of hydrogen-bond acceptors (Lipinski definition) is 1. The van der Waals surface area contributed by atoms with E-state index in [1.54, 1.807) is 12.2 Å². The molecule has 0 saturated carbocycles. The van der Waals surface area contributed by atoms with Gasteiger partial charge in [-0.05, 0) is 23.3 Å². The molecule has 2 rings (SSSR count). The fourth-order valence-corrected chi connectivity index (χ4v) is 1.54. The van der Waals surface area contributed by atoms with E-state index in [1.165, 1.54) is 0 Å². The third-order valence-corrected chi connectivity index (χ3v) is 2.48. The molecule has 0 atom stereocenters. The summed E-state index contributed by atoms with van der Waals surface area (Å²) in [5.41, 5.74) is 2.05. The molecule has 0 heterocycles. The van der Waals surface area contributed by atoms with Gasteiger partial charge >= 0.3 is 0 Å². The van der Waals surface area contributed by atoms with Gasteiger partial charge in [-0.25, -0.2) is 0 Å². The zero-order valence-electron chi connectivity index (χ0n) is 9.99. The van der Waals surface area contributed by atoms with E-state index in [9.17, 15) is 4.79 Å². The Balaban J connectivity index is 1.97. The summed E-state index contributed by atoms with van der Waals surface area (Å²) < 4.78 is 0. The van der Waals surface area contributed by atoms with Crippen molar-refractivity contribution in [3.8, 4) is 0 Å². The molecule has 0 bridgehead atoms. The summed E-state index contributed by atoms with van der Waals surface area (Å²) in [6.45, 7) is 0. The van der Waals surface area contributed by atoms with Gasteiger partial charge in [0.05, 0.1) is 0 Å². The minimum atomic E-state index is -0.0114. The molecule has 0 fully saturated rings. The van der Waals surface area contributed by atoms with Crippen molar-refractivity contribution in [2.75, 3.05) is 0 Å². The Bertz CT molecular complexity index is 499. The molecular formula is C17H14O. The Morgan fingerprint density at radius 3 is 1.44 bits per heavy atom. The van der Waals surface area contributed by atoms with Crippen LogP contribution in [0.3, 0.4) is 0 Å². The smallest absolute Gasteiger partial charge is 0.178 e. The first-order valence-corrected chi connectivity index (χ1v) is 5.85. The lowest BCUT2D eigenvalue weighted by Gasteiger charge is -1.91. The van der Waals surface area contributed by atoms with Gasteiger partial charge in [-0.2, -0.15) is 0 Å². The van der Waals surface area contributed by atoms with Crippen molar-refractivity contribution in [1.82, 2.24) is 0 Å². The minimum absolute atomic E-state index is 0.0114. The van der Waals surface area contributed by atoms with Crippen LogP contribution in [0.2, 0.25) is 0 Å². The van der Waals surface area contributed by atoms with E-state index in [2.05, 4.69) is 0 Å². The van der Waals surface area contributed by atoms with Gasteiger partial charge < -0.3 is 0 Å². The molecule has 0 saturated heterocycles. The SMILES string of the molecule is O=C(C=Cc1ccccc1)/C=C\c1ccccc1. The largest absolute Gasteiger partial charge is 0.290 e. The summed E-state index contributed by atoms with van der Waals surface area (Å²) in [6, 6.07) is 19.6. The van der Waals surface area contributed by atoms with Gasteiger partial charge in [0.2, 0.25) is 0 Å². The highest BCUT2D eigenvalue weighted by Gasteiger charge is 1.90. The highest BCUT2D eigenvalue weighted by atomic mass is 16.1. The number of allylic oxidation sites excluding steroid dienone is 2. The van der Waals surface area contributed by atoms with Crippen molar-refractivity contribution in [3.63, 3.8) is 0 Å². The van der Waals surface area contributed by atoms with Crippen molar-refractivity contribution in [1.29, 1.82) is 0 Å². The number of rotatable bonds is 4. The molecule has 1 nitrogen and oxygen atoms in total. The van der Waals surface area contributed by atoms with Gasteiger partial charge in [0.15, 0.2) is 5.78 Å². The van der Waals surface area contributed by atoms with E-state index < -0.39 is 0 Å². The Morgan fingerprint density at radius 2 is 1.06 bits per heavy atom. The number of ketones is 1. The van der Waals surface area contributed by atoms with E-state index in [0.29, 0.717) is 0 Å². The zero-order chi connectivity index (χ0) is 12.6. The van der Waals surface area contributed by atoms with Crippen molar-refractivity contribution >= 4 is 17.9 Å².